The molecule has 0 aliphatic heterocycles. The average Bonchev–Trinajstić information content (AvgIpc) is 2.49. The molecule has 0 aliphatic carbocycles. The van der Waals surface area contributed by atoms with E-state index >= 15 is 0 Å². The van der Waals surface area contributed by atoms with Crippen molar-refractivity contribution in [2.45, 2.75) is 13.5 Å². The van der Waals surface area contributed by atoms with Gasteiger partial charge in [-0.15, -0.1) is 0 Å². The molecular weight excluding hydrogens is 330 g/mol. The molecule has 0 fully saturated rings. The first-order valence-corrected chi connectivity index (χ1v) is 7.71. The van der Waals surface area contributed by atoms with Crippen molar-refractivity contribution in [3.63, 3.8) is 0 Å². The molecule has 0 aliphatic rings. The van der Waals surface area contributed by atoms with Crippen LogP contribution in [-0.4, -0.2) is 20.3 Å². The molecule has 0 spiro atoms. The Morgan fingerprint density at radius 2 is 1.95 bits per heavy atom. The van der Waals surface area contributed by atoms with Crippen LogP contribution in [0.3, 0.4) is 0 Å². The average molecular weight is 350 g/mol. The fourth-order valence-corrected chi connectivity index (χ4v) is 2.37. The van der Waals surface area contributed by atoms with Crippen LogP contribution in [0.2, 0.25) is 0 Å². The normalized spacial score (nSPS) is 10.4. The standard InChI is InChI=1S/C17H20BrNO2/c1-13-4-3-5-16(10-13)21-9-8-19-12-14-11-15(20-2)6-7-17(14)18/h3-7,10-11,19H,8-9,12H2,1-2H3. The van der Waals surface area contributed by atoms with E-state index in [2.05, 4.69) is 34.2 Å². The molecule has 0 unspecified atom stereocenters. The number of benzene rings is 2. The minimum Gasteiger partial charge on any atom is -0.497 e. The molecule has 4 heteroatoms. The first-order chi connectivity index (χ1) is 10.2. The molecule has 2 rings (SSSR count). The molecule has 0 aromatic heterocycles. The van der Waals surface area contributed by atoms with Crippen LogP contribution in [-0.2, 0) is 6.54 Å². The molecule has 0 amide bonds. The minimum absolute atomic E-state index is 0.644. The van der Waals surface area contributed by atoms with Gasteiger partial charge in [0.05, 0.1) is 7.11 Å². The second-order valence-corrected chi connectivity index (χ2v) is 5.65. The van der Waals surface area contributed by atoms with Gasteiger partial charge in [-0.2, -0.15) is 0 Å². The van der Waals surface area contributed by atoms with Crippen LogP contribution in [0.15, 0.2) is 46.9 Å². The molecule has 0 bridgehead atoms. The third kappa shape index (κ3) is 5.06. The van der Waals surface area contributed by atoms with Crippen LogP contribution in [0.4, 0.5) is 0 Å². The zero-order valence-corrected chi connectivity index (χ0v) is 13.9. The molecule has 21 heavy (non-hydrogen) atoms. The zero-order chi connectivity index (χ0) is 15.1. The highest BCUT2D eigenvalue weighted by Gasteiger charge is 2.02. The summed E-state index contributed by atoms with van der Waals surface area (Å²) in [5.41, 5.74) is 2.38. The van der Waals surface area contributed by atoms with E-state index in [1.54, 1.807) is 7.11 Å². The molecule has 2 aromatic carbocycles. The predicted molar refractivity (Wildman–Crippen MR) is 89.1 cm³/mol. The molecule has 112 valence electrons. The van der Waals surface area contributed by atoms with Crippen molar-refractivity contribution >= 4 is 15.9 Å². The van der Waals surface area contributed by atoms with Gasteiger partial charge in [0.2, 0.25) is 0 Å². The molecule has 0 saturated carbocycles. The molecule has 3 nitrogen and oxygen atoms in total. The van der Waals surface area contributed by atoms with Gasteiger partial charge in [-0.25, -0.2) is 0 Å². The zero-order valence-electron chi connectivity index (χ0n) is 12.4. The number of methoxy groups -OCH3 is 1. The maximum Gasteiger partial charge on any atom is 0.119 e. The Kier molecular flexibility index (Phi) is 6.08. The van der Waals surface area contributed by atoms with Crippen molar-refractivity contribution in [1.29, 1.82) is 0 Å². The summed E-state index contributed by atoms with van der Waals surface area (Å²) in [5.74, 6) is 1.78. The van der Waals surface area contributed by atoms with Crippen molar-refractivity contribution in [1.82, 2.24) is 5.32 Å². The minimum atomic E-state index is 0.644. The summed E-state index contributed by atoms with van der Waals surface area (Å²) in [6.45, 7) is 4.27. The Bertz CT molecular complexity index is 587. The van der Waals surface area contributed by atoms with Crippen LogP contribution in [0, 0.1) is 6.92 Å². The number of rotatable bonds is 7. The van der Waals surface area contributed by atoms with Crippen LogP contribution in [0.25, 0.3) is 0 Å². The first-order valence-electron chi connectivity index (χ1n) is 6.91. The van der Waals surface area contributed by atoms with Crippen LogP contribution >= 0.6 is 15.9 Å². The highest BCUT2D eigenvalue weighted by atomic mass is 79.9. The van der Waals surface area contributed by atoms with Gasteiger partial charge in [0.1, 0.15) is 18.1 Å². The van der Waals surface area contributed by atoms with Gasteiger partial charge in [0.25, 0.3) is 0 Å². The quantitative estimate of drug-likeness (QED) is 0.768. The molecule has 0 saturated heterocycles. The fraction of sp³-hybridized carbons (Fsp3) is 0.294. The van der Waals surface area contributed by atoms with Crippen LogP contribution in [0.5, 0.6) is 11.5 Å². The molecule has 0 heterocycles. The molecule has 1 N–H and O–H groups in total. The van der Waals surface area contributed by atoms with E-state index in [-0.39, 0.29) is 0 Å². The Balaban J connectivity index is 1.75. The Labute approximate surface area is 134 Å². The largest absolute Gasteiger partial charge is 0.497 e. The summed E-state index contributed by atoms with van der Waals surface area (Å²) in [5, 5.41) is 3.37. The lowest BCUT2D eigenvalue weighted by atomic mass is 10.2. The summed E-state index contributed by atoms with van der Waals surface area (Å²) < 4.78 is 12.0. The van der Waals surface area contributed by atoms with Gasteiger partial charge in [-0.1, -0.05) is 28.1 Å². The maximum absolute atomic E-state index is 5.70. The topological polar surface area (TPSA) is 30.5 Å². The maximum atomic E-state index is 5.70. The van der Waals surface area contributed by atoms with Crippen molar-refractivity contribution < 1.29 is 9.47 Å². The second kappa shape index (κ2) is 8.05. The van der Waals surface area contributed by atoms with Crippen LogP contribution < -0.4 is 14.8 Å². The van der Waals surface area contributed by atoms with Gasteiger partial charge in [0, 0.05) is 17.6 Å². The lowest BCUT2D eigenvalue weighted by Crippen LogP contribution is -2.20. The number of halogens is 1. The van der Waals surface area contributed by atoms with Gasteiger partial charge in [-0.05, 0) is 48.4 Å². The SMILES string of the molecule is COc1ccc(Br)c(CNCCOc2cccc(C)c2)c1. The van der Waals surface area contributed by atoms with E-state index in [1.165, 1.54) is 11.1 Å². The summed E-state index contributed by atoms with van der Waals surface area (Å²) in [6.07, 6.45) is 0. The first kappa shape index (κ1) is 15.9. The Morgan fingerprint density at radius 3 is 2.71 bits per heavy atom. The van der Waals surface area contributed by atoms with E-state index in [4.69, 9.17) is 9.47 Å². The van der Waals surface area contributed by atoms with E-state index in [0.29, 0.717) is 6.61 Å². The van der Waals surface area contributed by atoms with Crippen molar-refractivity contribution in [2.24, 2.45) is 0 Å². The van der Waals surface area contributed by atoms with Crippen molar-refractivity contribution in [3.8, 4) is 11.5 Å². The van der Waals surface area contributed by atoms with Crippen LogP contribution in [0.1, 0.15) is 11.1 Å². The lowest BCUT2D eigenvalue weighted by Gasteiger charge is -2.10. The summed E-state index contributed by atoms with van der Waals surface area (Å²) >= 11 is 3.55. The Morgan fingerprint density at radius 1 is 1.10 bits per heavy atom. The second-order valence-electron chi connectivity index (χ2n) is 4.80. The molecule has 0 radical (unpaired) electrons. The van der Waals surface area contributed by atoms with E-state index in [9.17, 15) is 0 Å². The van der Waals surface area contributed by atoms with Crippen molar-refractivity contribution in [2.75, 3.05) is 20.3 Å². The third-order valence-corrected chi connectivity index (χ3v) is 3.88. The highest BCUT2D eigenvalue weighted by molar-refractivity contribution is 9.10. The number of hydrogen-bond acceptors (Lipinski definition) is 3. The van der Waals surface area contributed by atoms with Gasteiger partial charge in [0.15, 0.2) is 0 Å². The van der Waals surface area contributed by atoms with E-state index in [1.807, 2.05) is 36.4 Å². The van der Waals surface area contributed by atoms with E-state index < -0.39 is 0 Å². The van der Waals surface area contributed by atoms with Gasteiger partial charge >= 0.3 is 0 Å². The molecule has 2 aromatic rings. The third-order valence-electron chi connectivity index (χ3n) is 3.11. The summed E-state index contributed by atoms with van der Waals surface area (Å²) in [4.78, 5) is 0. The summed E-state index contributed by atoms with van der Waals surface area (Å²) in [7, 11) is 1.68. The highest BCUT2D eigenvalue weighted by Crippen LogP contribution is 2.22. The van der Waals surface area contributed by atoms with Gasteiger partial charge in [-0.3, -0.25) is 0 Å². The smallest absolute Gasteiger partial charge is 0.119 e. The summed E-state index contributed by atoms with van der Waals surface area (Å²) in [6, 6.07) is 14.0. The predicted octanol–water partition coefficient (Wildman–Crippen LogP) is 3.93. The number of ether oxygens (including phenoxy) is 2. The number of aryl methyl sites for hydroxylation is 1. The number of nitrogens with one attached hydrogen (secondary N) is 1. The lowest BCUT2D eigenvalue weighted by molar-refractivity contribution is 0.313. The van der Waals surface area contributed by atoms with Crippen molar-refractivity contribution in [3.05, 3.63) is 58.1 Å². The number of hydrogen-bond donors (Lipinski definition) is 1. The van der Waals surface area contributed by atoms with E-state index in [0.717, 1.165) is 29.1 Å². The monoisotopic (exact) mass is 349 g/mol. The fourth-order valence-electron chi connectivity index (χ4n) is 1.98. The molecule has 0 atom stereocenters. The molecular formula is C17H20BrNO2. The Hall–Kier alpha value is -1.52. The van der Waals surface area contributed by atoms with Gasteiger partial charge < -0.3 is 14.8 Å².